The van der Waals surface area contributed by atoms with Crippen molar-refractivity contribution in [2.75, 3.05) is 30.4 Å². The maximum atomic E-state index is 13.1. The Balaban J connectivity index is 1.56. The van der Waals surface area contributed by atoms with Crippen LogP contribution in [-0.4, -0.2) is 32.0 Å². The van der Waals surface area contributed by atoms with E-state index in [1.165, 1.54) is 0 Å². The van der Waals surface area contributed by atoms with Gasteiger partial charge in [-0.3, -0.25) is 9.59 Å². The lowest BCUT2D eigenvalue weighted by atomic mass is 10.1. The Labute approximate surface area is 188 Å². The molecular weight excluding hydrogens is 402 g/mol. The Morgan fingerprint density at radius 3 is 2.44 bits per heavy atom. The van der Waals surface area contributed by atoms with Gasteiger partial charge in [0.2, 0.25) is 0 Å². The van der Waals surface area contributed by atoms with Crippen LogP contribution in [0.15, 0.2) is 72.8 Å². The molecule has 32 heavy (non-hydrogen) atoms. The molecule has 0 saturated carbocycles. The van der Waals surface area contributed by atoms with Crippen LogP contribution < -0.4 is 20.3 Å². The fraction of sp³-hybridized carbons (Fsp3) is 0.231. The number of carbonyl (C=O) groups excluding carboxylic acids is 2. The van der Waals surface area contributed by atoms with Gasteiger partial charge in [-0.05, 0) is 54.8 Å². The third-order valence-electron chi connectivity index (χ3n) is 5.57. The molecule has 0 spiro atoms. The smallest absolute Gasteiger partial charge is 0.255 e. The molecule has 4 rings (SSSR count). The number of nitrogens with one attached hydrogen (secondary N) is 2. The van der Waals surface area contributed by atoms with Crippen LogP contribution in [0.4, 0.5) is 11.4 Å². The zero-order valence-electron chi connectivity index (χ0n) is 18.1. The Morgan fingerprint density at radius 1 is 0.906 bits per heavy atom. The number of methoxy groups -OCH3 is 1. The Kier molecular flexibility index (Phi) is 6.70. The maximum Gasteiger partial charge on any atom is 0.255 e. The number of amides is 2. The zero-order chi connectivity index (χ0) is 22.3. The Bertz CT molecular complexity index is 1090. The summed E-state index contributed by atoms with van der Waals surface area (Å²) < 4.78 is 5.20. The number of nitrogens with zero attached hydrogens (tertiary/aromatic N) is 1. The van der Waals surface area contributed by atoms with Gasteiger partial charge in [-0.15, -0.1) is 0 Å². The van der Waals surface area contributed by atoms with E-state index in [2.05, 4.69) is 15.5 Å². The number of hydrogen-bond acceptors (Lipinski definition) is 4. The predicted octanol–water partition coefficient (Wildman–Crippen LogP) is 4.48. The quantitative estimate of drug-likeness (QED) is 0.581. The van der Waals surface area contributed by atoms with Crippen molar-refractivity contribution in [1.82, 2.24) is 5.32 Å². The van der Waals surface area contributed by atoms with Crippen molar-refractivity contribution >= 4 is 23.2 Å². The lowest BCUT2D eigenvalue weighted by Crippen LogP contribution is -2.27. The first-order valence-electron chi connectivity index (χ1n) is 10.8. The third-order valence-corrected chi connectivity index (χ3v) is 5.57. The molecule has 3 aromatic rings. The van der Waals surface area contributed by atoms with E-state index in [-0.39, 0.29) is 11.8 Å². The predicted molar refractivity (Wildman–Crippen MR) is 126 cm³/mol. The van der Waals surface area contributed by atoms with E-state index in [1.54, 1.807) is 37.4 Å². The molecule has 0 atom stereocenters. The molecule has 0 unspecified atom stereocenters. The van der Waals surface area contributed by atoms with Gasteiger partial charge < -0.3 is 20.3 Å². The van der Waals surface area contributed by atoms with Crippen molar-refractivity contribution in [2.45, 2.75) is 19.4 Å². The van der Waals surface area contributed by atoms with Gasteiger partial charge >= 0.3 is 0 Å². The van der Waals surface area contributed by atoms with E-state index >= 15 is 0 Å². The minimum Gasteiger partial charge on any atom is -0.497 e. The summed E-state index contributed by atoms with van der Waals surface area (Å²) in [6, 6.07) is 22.3. The lowest BCUT2D eigenvalue weighted by molar-refractivity contribution is 0.0950. The summed E-state index contributed by atoms with van der Waals surface area (Å²) in [4.78, 5) is 28.1. The van der Waals surface area contributed by atoms with E-state index in [0.717, 1.165) is 37.2 Å². The van der Waals surface area contributed by atoms with Gasteiger partial charge in [0.05, 0.1) is 12.7 Å². The third kappa shape index (κ3) is 5.09. The second-order valence-electron chi connectivity index (χ2n) is 7.78. The van der Waals surface area contributed by atoms with Crippen LogP contribution in [0, 0.1) is 0 Å². The zero-order valence-corrected chi connectivity index (χ0v) is 18.1. The minimum absolute atomic E-state index is 0.159. The van der Waals surface area contributed by atoms with Gasteiger partial charge in [0.1, 0.15) is 5.75 Å². The van der Waals surface area contributed by atoms with Gasteiger partial charge in [-0.25, -0.2) is 0 Å². The summed E-state index contributed by atoms with van der Waals surface area (Å²) in [7, 11) is 1.56. The highest BCUT2D eigenvalue weighted by atomic mass is 16.5. The molecule has 1 aliphatic rings. The standard InChI is InChI=1S/C26H27N3O3/c1-32-22-11-7-10-20(16-22)25(30)28-21-12-13-24(29-14-5-6-15-29)23(17-21)26(31)27-18-19-8-3-2-4-9-19/h2-4,7-13,16-17H,5-6,14-15,18H2,1H3,(H,27,31)(H,28,30). The summed E-state index contributed by atoms with van der Waals surface area (Å²) in [6.07, 6.45) is 2.22. The van der Waals surface area contributed by atoms with Gasteiger partial charge in [0, 0.05) is 36.6 Å². The molecule has 0 bridgehead atoms. The van der Waals surface area contributed by atoms with Crippen LogP contribution in [0.3, 0.4) is 0 Å². The summed E-state index contributed by atoms with van der Waals surface area (Å²) in [5.41, 5.74) is 3.55. The van der Waals surface area contributed by atoms with Crippen LogP contribution in [-0.2, 0) is 6.54 Å². The molecular formula is C26H27N3O3. The molecule has 0 radical (unpaired) electrons. The summed E-state index contributed by atoms with van der Waals surface area (Å²) >= 11 is 0. The Morgan fingerprint density at radius 2 is 1.69 bits per heavy atom. The second-order valence-corrected chi connectivity index (χ2v) is 7.78. The van der Waals surface area contributed by atoms with Crippen molar-refractivity contribution in [1.29, 1.82) is 0 Å². The van der Waals surface area contributed by atoms with Crippen molar-refractivity contribution in [3.63, 3.8) is 0 Å². The van der Waals surface area contributed by atoms with E-state index in [9.17, 15) is 9.59 Å². The highest BCUT2D eigenvalue weighted by Gasteiger charge is 2.20. The van der Waals surface area contributed by atoms with Crippen molar-refractivity contribution < 1.29 is 14.3 Å². The molecule has 6 heteroatoms. The minimum atomic E-state index is -0.256. The molecule has 1 heterocycles. The normalized spacial score (nSPS) is 13.0. The average Bonchev–Trinajstić information content (AvgIpc) is 3.38. The van der Waals surface area contributed by atoms with Crippen molar-refractivity contribution in [3.05, 3.63) is 89.5 Å². The molecule has 1 fully saturated rings. The van der Waals surface area contributed by atoms with Gasteiger partial charge in [0.25, 0.3) is 11.8 Å². The van der Waals surface area contributed by atoms with Crippen LogP contribution >= 0.6 is 0 Å². The second kappa shape index (κ2) is 10.0. The molecule has 1 saturated heterocycles. The molecule has 0 aromatic heterocycles. The highest BCUT2D eigenvalue weighted by Crippen LogP contribution is 2.28. The summed E-state index contributed by atoms with van der Waals surface area (Å²) in [6.45, 7) is 2.29. The molecule has 6 nitrogen and oxygen atoms in total. The fourth-order valence-electron chi connectivity index (χ4n) is 3.87. The van der Waals surface area contributed by atoms with Crippen LogP contribution in [0.25, 0.3) is 0 Å². The molecule has 2 N–H and O–H groups in total. The molecule has 1 aliphatic heterocycles. The first-order valence-corrected chi connectivity index (χ1v) is 10.8. The fourth-order valence-corrected chi connectivity index (χ4v) is 3.87. The van der Waals surface area contributed by atoms with Gasteiger partial charge in [0.15, 0.2) is 0 Å². The molecule has 3 aromatic carbocycles. The lowest BCUT2D eigenvalue weighted by Gasteiger charge is -2.22. The SMILES string of the molecule is COc1cccc(C(=O)Nc2ccc(N3CCCC3)c(C(=O)NCc3ccccc3)c2)c1. The van der Waals surface area contributed by atoms with E-state index < -0.39 is 0 Å². The van der Waals surface area contributed by atoms with Crippen molar-refractivity contribution in [2.24, 2.45) is 0 Å². The van der Waals surface area contributed by atoms with Crippen LogP contribution in [0.5, 0.6) is 5.75 Å². The number of carbonyl (C=O) groups is 2. The summed E-state index contributed by atoms with van der Waals surface area (Å²) in [5, 5.41) is 5.91. The first-order chi connectivity index (χ1) is 15.6. The first kappa shape index (κ1) is 21.4. The van der Waals surface area contributed by atoms with Gasteiger partial charge in [-0.2, -0.15) is 0 Å². The van der Waals surface area contributed by atoms with E-state index in [4.69, 9.17) is 4.74 Å². The van der Waals surface area contributed by atoms with Gasteiger partial charge in [-0.1, -0.05) is 36.4 Å². The number of benzene rings is 3. The number of hydrogen-bond donors (Lipinski definition) is 2. The average molecular weight is 430 g/mol. The molecule has 2 amide bonds. The van der Waals surface area contributed by atoms with Crippen LogP contribution in [0.2, 0.25) is 0 Å². The molecule has 0 aliphatic carbocycles. The largest absolute Gasteiger partial charge is 0.497 e. The Hall–Kier alpha value is -3.80. The number of ether oxygens (including phenoxy) is 1. The van der Waals surface area contributed by atoms with Crippen LogP contribution in [0.1, 0.15) is 39.1 Å². The number of rotatable bonds is 7. The number of anilines is 2. The molecule has 164 valence electrons. The van der Waals surface area contributed by atoms with Crippen molar-refractivity contribution in [3.8, 4) is 5.75 Å². The van der Waals surface area contributed by atoms with E-state index in [0.29, 0.717) is 29.1 Å². The van der Waals surface area contributed by atoms with E-state index in [1.807, 2.05) is 42.5 Å². The highest BCUT2D eigenvalue weighted by molar-refractivity contribution is 6.06. The monoisotopic (exact) mass is 429 g/mol. The topological polar surface area (TPSA) is 70.7 Å². The maximum absolute atomic E-state index is 13.1. The summed E-state index contributed by atoms with van der Waals surface area (Å²) in [5.74, 6) is 0.199.